The van der Waals surface area contributed by atoms with Crippen molar-refractivity contribution >= 4 is 39.9 Å². The Kier molecular flexibility index (Phi) is 4.38. The van der Waals surface area contributed by atoms with Crippen LogP contribution in [0.3, 0.4) is 0 Å². The van der Waals surface area contributed by atoms with Gasteiger partial charge >= 0.3 is 0 Å². The Hall–Kier alpha value is -1.56. The van der Waals surface area contributed by atoms with Gasteiger partial charge in [0.15, 0.2) is 0 Å². The van der Waals surface area contributed by atoms with Crippen molar-refractivity contribution in [2.75, 3.05) is 10.2 Å². The van der Waals surface area contributed by atoms with Crippen LogP contribution in [0.15, 0.2) is 48.5 Å². The molecule has 1 N–H and O–H groups in total. The van der Waals surface area contributed by atoms with Crippen molar-refractivity contribution in [1.29, 1.82) is 0 Å². The molecule has 1 aliphatic rings. The third-order valence-corrected chi connectivity index (χ3v) is 4.83. The minimum Gasteiger partial charge on any atom is -0.378 e. The lowest BCUT2D eigenvalue weighted by molar-refractivity contribution is -0.117. The van der Waals surface area contributed by atoms with Gasteiger partial charge < -0.3 is 10.2 Å². The van der Waals surface area contributed by atoms with Gasteiger partial charge in [0.2, 0.25) is 5.91 Å². The Morgan fingerprint density at radius 3 is 2.55 bits per heavy atom. The standard InChI is InChI=1S/C18H19IN2O/c1-12-11-17(20-15-9-7-14(19)8-10-15)16-5-3-4-6-18(16)21(12)13(2)22/h3-10,12,17,20H,11H2,1-2H3/t12-,17+/m1/s1. The summed E-state index contributed by atoms with van der Waals surface area (Å²) in [4.78, 5) is 13.9. The van der Waals surface area contributed by atoms with Gasteiger partial charge in [0.25, 0.3) is 0 Å². The monoisotopic (exact) mass is 406 g/mol. The summed E-state index contributed by atoms with van der Waals surface area (Å²) in [6.45, 7) is 3.75. The molecule has 2 aromatic rings. The SMILES string of the molecule is CC(=O)N1c2ccccc2[C@@H](Nc2ccc(I)cc2)C[C@H]1C. The van der Waals surface area contributed by atoms with E-state index in [1.165, 1.54) is 9.13 Å². The highest BCUT2D eigenvalue weighted by atomic mass is 127. The van der Waals surface area contributed by atoms with Crippen LogP contribution in [0.25, 0.3) is 0 Å². The normalized spacial score (nSPS) is 20.4. The maximum atomic E-state index is 12.0. The second kappa shape index (κ2) is 6.28. The van der Waals surface area contributed by atoms with Gasteiger partial charge in [-0.05, 0) is 71.8 Å². The van der Waals surface area contributed by atoms with Crippen molar-refractivity contribution in [2.45, 2.75) is 32.4 Å². The summed E-state index contributed by atoms with van der Waals surface area (Å²) in [5, 5.41) is 3.61. The first-order valence-electron chi connectivity index (χ1n) is 7.47. The van der Waals surface area contributed by atoms with E-state index in [-0.39, 0.29) is 18.0 Å². The molecule has 1 amide bonds. The zero-order chi connectivity index (χ0) is 15.7. The fourth-order valence-electron chi connectivity index (χ4n) is 3.18. The number of carbonyl (C=O) groups is 1. The van der Waals surface area contributed by atoms with E-state index in [1.54, 1.807) is 6.92 Å². The first kappa shape index (κ1) is 15.3. The number of amides is 1. The largest absolute Gasteiger partial charge is 0.378 e. The maximum absolute atomic E-state index is 12.0. The van der Waals surface area contributed by atoms with Gasteiger partial charge in [0.1, 0.15) is 0 Å². The van der Waals surface area contributed by atoms with E-state index in [0.29, 0.717) is 0 Å². The molecule has 22 heavy (non-hydrogen) atoms. The molecule has 0 saturated heterocycles. The molecule has 0 aliphatic carbocycles. The predicted octanol–water partition coefficient (Wildman–Crippen LogP) is 4.59. The number of fused-ring (bicyclic) bond motifs is 1. The number of carbonyl (C=O) groups excluding carboxylic acids is 1. The first-order chi connectivity index (χ1) is 10.6. The highest BCUT2D eigenvalue weighted by Gasteiger charge is 2.31. The van der Waals surface area contributed by atoms with Crippen molar-refractivity contribution in [2.24, 2.45) is 0 Å². The quantitative estimate of drug-likeness (QED) is 0.741. The summed E-state index contributed by atoms with van der Waals surface area (Å²) >= 11 is 2.31. The molecule has 3 nitrogen and oxygen atoms in total. The zero-order valence-corrected chi connectivity index (χ0v) is 14.9. The maximum Gasteiger partial charge on any atom is 0.224 e. The van der Waals surface area contributed by atoms with Gasteiger partial charge in [0, 0.05) is 27.9 Å². The lowest BCUT2D eigenvalue weighted by Gasteiger charge is -2.39. The number of para-hydroxylation sites is 1. The Morgan fingerprint density at radius 2 is 1.86 bits per heavy atom. The molecule has 0 fully saturated rings. The summed E-state index contributed by atoms with van der Waals surface area (Å²) in [6, 6.07) is 17.0. The molecule has 114 valence electrons. The van der Waals surface area contributed by atoms with Crippen LogP contribution < -0.4 is 10.2 Å². The summed E-state index contributed by atoms with van der Waals surface area (Å²) < 4.78 is 1.23. The molecule has 2 atom stereocenters. The van der Waals surface area contributed by atoms with E-state index >= 15 is 0 Å². The fourth-order valence-corrected chi connectivity index (χ4v) is 3.54. The number of hydrogen-bond acceptors (Lipinski definition) is 2. The fraction of sp³-hybridized carbons (Fsp3) is 0.278. The van der Waals surface area contributed by atoms with Crippen LogP contribution in [0.2, 0.25) is 0 Å². The minimum atomic E-state index is 0.104. The molecule has 0 unspecified atom stereocenters. The van der Waals surface area contributed by atoms with Crippen LogP contribution in [0, 0.1) is 3.57 Å². The van der Waals surface area contributed by atoms with E-state index in [4.69, 9.17) is 0 Å². The van der Waals surface area contributed by atoms with Gasteiger partial charge in [-0.25, -0.2) is 0 Å². The molecule has 3 rings (SSSR count). The van der Waals surface area contributed by atoms with Crippen molar-refractivity contribution in [1.82, 2.24) is 0 Å². The number of halogens is 1. The average molecular weight is 406 g/mol. The Bertz CT molecular complexity index is 684. The number of hydrogen-bond donors (Lipinski definition) is 1. The summed E-state index contributed by atoms with van der Waals surface area (Å²) in [7, 11) is 0. The molecule has 1 heterocycles. The van der Waals surface area contributed by atoms with E-state index in [2.05, 4.69) is 65.2 Å². The number of rotatable bonds is 2. The molecule has 0 aromatic heterocycles. The van der Waals surface area contributed by atoms with Gasteiger partial charge in [0.05, 0.1) is 6.04 Å². The minimum absolute atomic E-state index is 0.104. The van der Waals surface area contributed by atoms with Gasteiger partial charge in [-0.2, -0.15) is 0 Å². The third kappa shape index (κ3) is 2.97. The first-order valence-corrected chi connectivity index (χ1v) is 8.55. The lowest BCUT2D eigenvalue weighted by atomic mass is 9.91. The van der Waals surface area contributed by atoms with E-state index in [9.17, 15) is 4.79 Å². The highest BCUT2D eigenvalue weighted by molar-refractivity contribution is 14.1. The summed E-state index contributed by atoms with van der Waals surface area (Å²) in [6.07, 6.45) is 0.905. The molecule has 0 radical (unpaired) electrons. The highest BCUT2D eigenvalue weighted by Crippen LogP contribution is 2.38. The predicted molar refractivity (Wildman–Crippen MR) is 99.2 cm³/mol. The van der Waals surface area contributed by atoms with Crippen LogP contribution >= 0.6 is 22.6 Å². The Morgan fingerprint density at radius 1 is 1.18 bits per heavy atom. The Labute approximate surface area is 144 Å². The second-order valence-corrected chi connectivity index (χ2v) is 6.98. The molecule has 0 saturated carbocycles. The van der Waals surface area contributed by atoms with E-state index in [1.807, 2.05) is 23.1 Å². The molecule has 0 spiro atoms. The molecule has 2 aromatic carbocycles. The van der Waals surface area contributed by atoms with E-state index < -0.39 is 0 Å². The topological polar surface area (TPSA) is 32.3 Å². The summed E-state index contributed by atoms with van der Waals surface area (Å²) in [5.41, 5.74) is 3.33. The van der Waals surface area contributed by atoms with Crippen molar-refractivity contribution < 1.29 is 4.79 Å². The van der Waals surface area contributed by atoms with Gasteiger partial charge in [-0.1, -0.05) is 18.2 Å². The Balaban J connectivity index is 1.94. The van der Waals surface area contributed by atoms with Crippen molar-refractivity contribution in [3.05, 3.63) is 57.7 Å². The molecule has 1 aliphatic heterocycles. The lowest BCUT2D eigenvalue weighted by Crippen LogP contribution is -2.43. The molecule has 0 bridgehead atoms. The van der Waals surface area contributed by atoms with Crippen LogP contribution in [-0.2, 0) is 4.79 Å². The van der Waals surface area contributed by atoms with Gasteiger partial charge in [-0.3, -0.25) is 4.79 Å². The molecular weight excluding hydrogens is 387 g/mol. The second-order valence-electron chi connectivity index (χ2n) is 5.74. The smallest absolute Gasteiger partial charge is 0.224 e. The number of nitrogens with zero attached hydrogens (tertiary/aromatic N) is 1. The van der Waals surface area contributed by atoms with Crippen LogP contribution in [0.5, 0.6) is 0 Å². The van der Waals surface area contributed by atoms with Gasteiger partial charge in [-0.15, -0.1) is 0 Å². The number of benzene rings is 2. The van der Waals surface area contributed by atoms with Crippen LogP contribution in [-0.4, -0.2) is 11.9 Å². The third-order valence-electron chi connectivity index (χ3n) is 4.11. The summed E-state index contributed by atoms with van der Waals surface area (Å²) in [5.74, 6) is 0.104. The number of nitrogens with one attached hydrogen (secondary N) is 1. The molecular formula is C18H19IN2O. The van der Waals surface area contributed by atoms with Crippen molar-refractivity contribution in [3.8, 4) is 0 Å². The number of anilines is 2. The zero-order valence-electron chi connectivity index (χ0n) is 12.7. The van der Waals surface area contributed by atoms with Crippen LogP contribution in [0.1, 0.15) is 31.9 Å². The average Bonchev–Trinajstić information content (AvgIpc) is 2.49. The van der Waals surface area contributed by atoms with Crippen molar-refractivity contribution in [3.63, 3.8) is 0 Å². The molecule has 4 heteroatoms. The van der Waals surface area contributed by atoms with Crippen LogP contribution in [0.4, 0.5) is 11.4 Å². The van der Waals surface area contributed by atoms with E-state index in [0.717, 1.165) is 17.8 Å².